The predicted octanol–water partition coefficient (Wildman–Crippen LogP) is 4.61. The highest BCUT2D eigenvalue weighted by atomic mass is 127. The molecule has 1 heterocycles. The Morgan fingerprint density at radius 3 is 2.66 bits per heavy atom. The topological polar surface area (TPSA) is 102 Å². The lowest BCUT2D eigenvalue weighted by atomic mass is 10.1. The van der Waals surface area contributed by atoms with E-state index in [4.69, 9.17) is 9.47 Å². The summed E-state index contributed by atoms with van der Waals surface area (Å²) in [5, 5.41) is 9.15. The van der Waals surface area contributed by atoms with Gasteiger partial charge in [-0.15, -0.1) is 0 Å². The highest BCUT2D eigenvalue weighted by molar-refractivity contribution is 14.1. The second-order valence-corrected chi connectivity index (χ2v) is 8.15. The monoisotopic (exact) mass is 546 g/mol. The second-order valence-electron chi connectivity index (χ2n) is 7.39. The average Bonchev–Trinajstić information content (AvgIpc) is 3.62. The van der Waals surface area contributed by atoms with Crippen LogP contribution in [0.4, 0.5) is 10.5 Å². The van der Waals surface area contributed by atoms with Crippen molar-refractivity contribution in [2.24, 2.45) is 0 Å². The van der Waals surface area contributed by atoms with Gasteiger partial charge in [-0.05, 0) is 48.7 Å². The van der Waals surface area contributed by atoms with E-state index in [1.54, 1.807) is 37.5 Å². The van der Waals surface area contributed by atoms with Crippen molar-refractivity contribution in [2.45, 2.75) is 23.3 Å². The SMILES string of the molecule is CNC(=O)c1cc2c(Oc3ccc(NC(=O)NC4CC4)c(CI)c3)ccnc2cc1OC. The van der Waals surface area contributed by atoms with Crippen LogP contribution in [-0.2, 0) is 4.43 Å². The minimum Gasteiger partial charge on any atom is -0.496 e. The lowest BCUT2D eigenvalue weighted by Gasteiger charge is -2.15. The van der Waals surface area contributed by atoms with E-state index < -0.39 is 0 Å². The number of urea groups is 1. The molecule has 1 saturated carbocycles. The van der Waals surface area contributed by atoms with Gasteiger partial charge in [0.2, 0.25) is 0 Å². The third kappa shape index (κ3) is 4.87. The number of aromatic nitrogens is 1. The van der Waals surface area contributed by atoms with E-state index >= 15 is 0 Å². The Kier molecular flexibility index (Phi) is 6.63. The first-order valence-corrected chi connectivity index (χ1v) is 11.7. The van der Waals surface area contributed by atoms with E-state index in [1.807, 2.05) is 12.1 Å². The van der Waals surface area contributed by atoms with Gasteiger partial charge in [-0.1, -0.05) is 22.6 Å². The molecular weight excluding hydrogens is 523 g/mol. The maximum absolute atomic E-state index is 12.3. The van der Waals surface area contributed by atoms with Crippen molar-refractivity contribution in [1.82, 2.24) is 15.6 Å². The number of pyridine rings is 1. The molecule has 9 heteroatoms. The summed E-state index contributed by atoms with van der Waals surface area (Å²) in [5.74, 6) is 1.36. The normalized spacial score (nSPS) is 12.8. The van der Waals surface area contributed by atoms with Crippen molar-refractivity contribution >= 4 is 51.1 Å². The fourth-order valence-corrected chi connectivity index (χ4v) is 3.91. The van der Waals surface area contributed by atoms with Crippen molar-refractivity contribution in [2.75, 3.05) is 19.5 Å². The molecule has 4 rings (SSSR count). The van der Waals surface area contributed by atoms with Gasteiger partial charge < -0.3 is 25.4 Å². The fraction of sp³-hybridized carbons (Fsp3) is 0.261. The number of amides is 3. The zero-order chi connectivity index (χ0) is 22.7. The number of benzene rings is 2. The average molecular weight is 546 g/mol. The number of methoxy groups -OCH3 is 1. The number of anilines is 1. The maximum atomic E-state index is 12.3. The molecule has 32 heavy (non-hydrogen) atoms. The van der Waals surface area contributed by atoms with Crippen LogP contribution in [0.25, 0.3) is 10.9 Å². The molecule has 2 aromatic carbocycles. The molecule has 3 amide bonds. The van der Waals surface area contributed by atoms with Crippen LogP contribution >= 0.6 is 22.6 Å². The molecular formula is C23H23IN4O4. The Morgan fingerprint density at radius 2 is 1.97 bits per heavy atom. The number of hydrogen-bond acceptors (Lipinski definition) is 5. The van der Waals surface area contributed by atoms with Crippen LogP contribution in [0.15, 0.2) is 42.6 Å². The van der Waals surface area contributed by atoms with Gasteiger partial charge in [-0.2, -0.15) is 0 Å². The van der Waals surface area contributed by atoms with Gasteiger partial charge in [0.25, 0.3) is 5.91 Å². The number of nitrogens with one attached hydrogen (secondary N) is 3. The molecule has 3 N–H and O–H groups in total. The largest absolute Gasteiger partial charge is 0.496 e. The van der Waals surface area contributed by atoms with E-state index in [0.717, 1.165) is 24.1 Å². The zero-order valence-corrected chi connectivity index (χ0v) is 19.9. The number of ether oxygens (including phenoxy) is 2. The second kappa shape index (κ2) is 9.60. The Balaban J connectivity index is 1.63. The summed E-state index contributed by atoms with van der Waals surface area (Å²) in [6.07, 6.45) is 3.72. The molecule has 0 bridgehead atoms. The van der Waals surface area contributed by atoms with Gasteiger partial charge in [0.1, 0.15) is 17.2 Å². The molecule has 166 valence electrons. The lowest BCUT2D eigenvalue weighted by molar-refractivity contribution is 0.0960. The molecule has 0 radical (unpaired) electrons. The van der Waals surface area contributed by atoms with Gasteiger partial charge in [0, 0.05) is 40.9 Å². The van der Waals surface area contributed by atoms with E-state index in [0.29, 0.717) is 44.2 Å². The molecule has 0 aliphatic heterocycles. The van der Waals surface area contributed by atoms with Gasteiger partial charge >= 0.3 is 6.03 Å². The minimum atomic E-state index is -0.259. The van der Waals surface area contributed by atoms with Crippen molar-refractivity contribution < 1.29 is 19.1 Å². The molecule has 1 aliphatic rings. The summed E-state index contributed by atoms with van der Waals surface area (Å²) in [7, 11) is 3.08. The highest BCUT2D eigenvalue weighted by Crippen LogP contribution is 2.34. The van der Waals surface area contributed by atoms with Crippen molar-refractivity contribution in [3.8, 4) is 17.2 Å². The number of alkyl halides is 1. The summed E-state index contributed by atoms with van der Waals surface area (Å²) < 4.78 is 12.2. The maximum Gasteiger partial charge on any atom is 0.319 e. The molecule has 0 unspecified atom stereocenters. The predicted molar refractivity (Wildman–Crippen MR) is 131 cm³/mol. The van der Waals surface area contributed by atoms with E-state index in [9.17, 15) is 9.59 Å². The van der Waals surface area contributed by atoms with Crippen LogP contribution in [0.1, 0.15) is 28.8 Å². The van der Waals surface area contributed by atoms with Gasteiger partial charge in [-0.3, -0.25) is 9.78 Å². The molecule has 0 saturated heterocycles. The van der Waals surface area contributed by atoms with Gasteiger partial charge in [-0.25, -0.2) is 4.79 Å². The molecule has 8 nitrogen and oxygen atoms in total. The first-order chi connectivity index (χ1) is 15.5. The molecule has 0 atom stereocenters. The summed E-state index contributed by atoms with van der Waals surface area (Å²) in [4.78, 5) is 28.8. The zero-order valence-electron chi connectivity index (χ0n) is 17.7. The van der Waals surface area contributed by atoms with Crippen molar-refractivity contribution in [1.29, 1.82) is 0 Å². The van der Waals surface area contributed by atoms with E-state index in [2.05, 4.69) is 43.5 Å². The van der Waals surface area contributed by atoms with E-state index in [1.165, 1.54) is 7.11 Å². The molecule has 1 aromatic heterocycles. The molecule has 1 fully saturated rings. The number of rotatable bonds is 7. The van der Waals surface area contributed by atoms with Crippen LogP contribution in [0.3, 0.4) is 0 Å². The summed E-state index contributed by atoms with van der Waals surface area (Å²) >= 11 is 2.25. The summed E-state index contributed by atoms with van der Waals surface area (Å²) in [6.45, 7) is 0. The molecule has 1 aliphatic carbocycles. The third-order valence-electron chi connectivity index (χ3n) is 5.10. The summed E-state index contributed by atoms with van der Waals surface area (Å²) in [6, 6.07) is 10.8. The Morgan fingerprint density at radius 1 is 1.16 bits per heavy atom. The Bertz CT molecular complexity index is 1180. The minimum absolute atomic E-state index is 0.192. The van der Waals surface area contributed by atoms with Crippen molar-refractivity contribution in [3.63, 3.8) is 0 Å². The third-order valence-corrected chi connectivity index (χ3v) is 5.93. The van der Waals surface area contributed by atoms with Gasteiger partial charge in [0.05, 0.1) is 18.2 Å². The number of hydrogen-bond donors (Lipinski definition) is 3. The van der Waals surface area contributed by atoms with Crippen LogP contribution < -0.4 is 25.4 Å². The number of halogens is 1. The Hall–Kier alpha value is -3.08. The molecule has 0 spiro atoms. The van der Waals surface area contributed by atoms with E-state index in [-0.39, 0.29) is 11.9 Å². The first-order valence-electron chi connectivity index (χ1n) is 10.2. The molecule has 3 aromatic rings. The Labute approximate surface area is 199 Å². The van der Waals surface area contributed by atoms with Crippen LogP contribution in [-0.4, -0.2) is 37.1 Å². The number of nitrogens with zero attached hydrogens (tertiary/aromatic N) is 1. The smallest absolute Gasteiger partial charge is 0.319 e. The number of fused-ring (bicyclic) bond motifs is 1. The standard InChI is InChI=1S/C23H23IN4O4/c1-25-22(29)17-10-16-19(11-21(17)31-2)26-8-7-20(16)32-15-5-6-18(13(9-15)12-24)28-23(30)27-14-3-4-14/h5-11,14H,3-4,12H2,1-2H3,(H,25,29)(H2,27,28,30). The lowest BCUT2D eigenvalue weighted by Crippen LogP contribution is -2.30. The summed E-state index contributed by atoms with van der Waals surface area (Å²) in [5.41, 5.74) is 2.74. The van der Waals surface area contributed by atoms with Crippen molar-refractivity contribution in [3.05, 3.63) is 53.7 Å². The van der Waals surface area contributed by atoms with Crippen LogP contribution in [0, 0.1) is 0 Å². The highest BCUT2D eigenvalue weighted by Gasteiger charge is 2.23. The number of carbonyl (C=O) groups excluding carboxylic acids is 2. The van der Waals surface area contributed by atoms with Gasteiger partial charge in [0.15, 0.2) is 0 Å². The van der Waals surface area contributed by atoms with Crippen LogP contribution in [0.2, 0.25) is 0 Å². The van der Waals surface area contributed by atoms with Crippen LogP contribution in [0.5, 0.6) is 17.2 Å². The first kappa shape index (κ1) is 22.1. The quantitative estimate of drug-likeness (QED) is 0.297. The number of carbonyl (C=O) groups is 2. The fourth-order valence-electron chi connectivity index (χ4n) is 3.28.